The maximum absolute atomic E-state index is 13.1. The third-order valence-electron chi connectivity index (χ3n) is 6.02. The fourth-order valence-corrected chi connectivity index (χ4v) is 4.68. The molecule has 1 aromatic heterocycles. The highest BCUT2D eigenvalue weighted by molar-refractivity contribution is 7.14. The summed E-state index contributed by atoms with van der Waals surface area (Å²) in [5.41, 5.74) is 2.00. The second-order valence-corrected chi connectivity index (χ2v) is 9.93. The second-order valence-electron chi connectivity index (χ2n) is 8.87. The number of aromatic nitrogens is 2. The Bertz CT molecular complexity index is 1170. The van der Waals surface area contributed by atoms with Crippen molar-refractivity contribution in [3.05, 3.63) is 59.1 Å². The van der Waals surface area contributed by atoms with Crippen molar-refractivity contribution in [2.75, 3.05) is 44.8 Å². The quantitative estimate of drug-likeness (QED) is 0.432. The average molecular weight is 493 g/mol. The minimum absolute atomic E-state index is 0.0850. The molecule has 1 saturated carbocycles. The van der Waals surface area contributed by atoms with Crippen LogP contribution in [-0.2, 0) is 16.0 Å². The number of morpholine rings is 1. The van der Waals surface area contributed by atoms with Crippen LogP contribution in [0.25, 0.3) is 10.6 Å². The van der Waals surface area contributed by atoms with Gasteiger partial charge in [0.05, 0.1) is 38.5 Å². The van der Waals surface area contributed by atoms with Crippen LogP contribution in [0.15, 0.2) is 48.5 Å². The van der Waals surface area contributed by atoms with Crippen molar-refractivity contribution < 1.29 is 19.1 Å². The molecule has 0 unspecified atom stereocenters. The van der Waals surface area contributed by atoms with Crippen LogP contribution in [0.4, 0.5) is 5.69 Å². The molecule has 1 aliphatic carbocycles. The number of nitrogens with one attached hydrogen (secondary N) is 1. The Morgan fingerprint density at radius 2 is 1.89 bits per heavy atom. The molecule has 2 heterocycles. The van der Waals surface area contributed by atoms with E-state index in [-0.39, 0.29) is 24.7 Å². The number of carbonyl (C=O) groups is 2. The molecule has 8 nitrogen and oxygen atoms in total. The lowest BCUT2D eigenvalue weighted by Gasteiger charge is -2.26. The minimum Gasteiger partial charge on any atom is -0.491 e. The number of carbonyl (C=O) groups excluding carboxylic acids is 2. The molecule has 35 heavy (non-hydrogen) atoms. The molecule has 1 aliphatic heterocycles. The summed E-state index contributed by atoms with van der Waals surface area (Å²) in [5, 5.41) is 12.8. The fraction of sp³-hybridized carbons (Fsp3) is 0.385. The highest BCUT2D eigenvalue weighted by atomic mass is 32.1. The number of anilines is 1. The van der Waals surface area contributed by atoms with E-state index in [4.69, 9.17) is 9.47 Å². The number of hydrogen-bond acceptors (Lipinski definition) is 8. The summed E-state index contributed by atoms with van der Waals surface area (Å²) in [6.45, 7) is 3.60. The van der Waals surface area contributed by atoms with Gasteiger partial charge in [-0.1, -0.05) is 41.7 Å². The Morgan fingerprint density at radius 1 is 1.09 bits per heavy atom. The zero-order chi connectivity index (χ0) is 24.0. The van der Waals surface area contributed by atoms with Gasteiger partial charge in [-0.3, -0.25) is 14.5 Å². The first-order valence-electron chi connectivity index (χ1n) is 11.9. The van der Waals surface area contributed by atoms with Gasteiger partial charge >= 0.3 is 0 Å². The van der Waals surface area contributed by atoms with Gasteiger partial charge in [0.25, 0.3) is 0 Å². The third-order valence-corrected chi connectivity index (χ3v) is 6.99. The van der Waals surface area contributed by atoms with E-state index in [2.05, 4.69) is 20.4 Å². The topological polar surface area (TPSA) is 93.7 Å². The van der Waals surface area contributed by atoms with Crippen molar-refractivity contribution in [1.29, 1.82) is 0 Å². The van der Waals surface area contributed by atoms with Crippen molar-refractivity contribution in [2.45, 2.75) is 19.3 Å². The summed E-state index contributed by atoms with van der Waals surface area (Å²) in [7, 11) is 0. The highest BCUT2D eigenvalue weighted by Crippen LogP contribution is 2.33. The zero-order valence-electron chi connectivity index (χ0n) is 19.4. The molecule has 0 atom stereocenters. The molecular formula is C26H28N4O4S. The average Bonchev–Trinajstić information content (AvgIpc) is 3.60. The van der Waals surface area contributed by atoms with E-state index in [0.29, 0.717) is 47.7 Å². The predicted octanol–water partition coefficient (Wildman–Crippen LogP) is 3.69. The number of ether oxygens (including phenoxy) is 2. The third kappa shape index (κ3) is 6.50. The van der Waals surface area contributed by atoms with Gasteiger partial charge in [0.1, 0.15) is 15.8 Å². The Balaban J connectivity index is 1.28. The molecule has 0 radical (unpaired) electrons. The number of rotatable bonds is 10. The van der Waals surface area contributed by atoms with Gasteiger partial charge in [-0.2, -0.15) is 0 Å². The van der Waals surface area contributed by atoms with Gasteiger partial charge in [0, 0.05) is 24.2 Å². The van der Waals surface area contributed by atoms with Crippen LogP contribution in [-0.4, -0.2) is 66.2 Å². The normalized spacial score (nSPS) is 16.1. The smallest absolute Gasteiger partial charge is 0.238 e. The van der Waals surface area contributed by atoms with Crippen molar-refractivity contribution in [1.82, 2.24) is 15.1 Å². The van der Waals surface area contributed by atoms with Crippen LogP contribution in [0.3, 0.4) is 0 Å². The standard InChI is InChI=1S/C26H28N4O4S/c31-22(15-25-28-29-26(35-25)19-4-2-1-3-5-19)20-8-9-23(34-17-18-6-7-18)21(14-20)27-24(32)16-30-10-12-33-13-11-30/h1-5,8-9,14,18H,6-7,10-13,15-17H2,(H,27,32). The van der Waals surface area contributed by atoms with Crippen molar-refractivity contribution in [2.24, 2.45) is 5.92 Å². The lowest BCUT2D eigenvalue weighted by molar-refractivity contribution is -0.118. The molecule has 2 aliphatic rings. The first-order chi connectivity index (χ1) is 17.1. The molecule has 0 spiro atoms. The van der Waals surface area contributed by atoms with Gasteiger partial charge in [0.2, 0.25) is 5.91 Å². The number of nitrogens with zero attached hydrogens (tertiary/aromatic N) is 3. The van der Waals surface area contributed by atoms with E-state index < -0.39 is 0 Å². The highest BCUT2D eigenvalue weighted by Gasteiger charge is 2.23. The molecular weight excluding hydrogens is 464 g/mol. The molecule has 3 aromatic rings. The minimum atomic E-state index is -0.135. The Hall–Kier alpha value is -3.14. The van der Waals surface area contributed by atoms with Crippen LogP contribution < -0.4 is 10.1 Å². The van der Waals surface area contributed by atoms with E-state index in [1.807, 2.05) is 30.3 Å². The Labute approximate surface area is 208 Å². The summed E-state index contributed by atoms with van der Waals surface area (Å²) < 4.78 is 11.3. The lowest BCUT2D eigenvalue weighted by Crippen LogP contribution is -2.41. The van der Waals surface area contributed by atoms with Crippen molar-refractivity contribution in [3.8, 4) is 16.3 Å². The van der Waals surface area contributed by atoms with E-state index in [0.717, 1.165) is 23.7 Å². The molecule has 1 amide bonds. The van der Waals surface area contributed by atoms with E-state index in [1.54, 1.807) is 18.2 Å². The summed E-state index contributed by atoms with van der Waals surface area (Å²) >= 11 is 1.41. The largest absolute Gasteiger partial charge is 0.491 e. The molecule has 182 valence electrons. The zero-order valence-corrected chi connectivity index (χ0v) is 20.3. The second kappa shape index (κ2) is 11.1. The van der Waals surface area contributed by atoms with Gasteiger partial charge < -0.3 is 14.8 Å². The summed E-state index contributed by atoms with van der Waals surface area (Å²) in [5.74, 6) is 0.943. The maximum atomic E-state index is 13.1. The molecule has 2 aromatic carbocycles. The monoisotopic (exact) mass is 492 g/mol. The predicted molar refractivity (Wildman–Crippen MR) is 134 cm³/mol. The SMILES string of the molecule is O=C(CN1CCOCC1)Nc1cc(C(=O)Cc2nnc(-c3ccccc3)s2)ccc1OCC1CC1. The molecule has 1 N–H and O–H groups in total. The first-order valence-corrected chi connectivity index (χ1v) is 12.7. The Morgan fingerprint density at radius 3 is 2.66 bits per heavy atom. The number of Topliss-reactive ketones (excluding diaryl/α,β-unsaturated/α-hetero) is 1. The number of amides is 1. The van der Waals surface area contributed by atoms with E-state index >= 15 is 0 Å². The van der Waals surface area contributed by atoms with Gasteiger partial charge in [-0.15, -0.1) is 10.2 Å². The van der Waals surface area contributed by atoms with Crippen molar-refractivity contribution >= 4 is 28.7 Å². The van der Waals surface area contributed by atoms with Crippen LogP contribution >= 0.6 is 11.3 Å². The van der Waals surface area contributed by atoms with Gasteiger partial charge in [-0.25, -0.2) is 0 Å². The maximum Gasteiger partial charge on any atom is 0.238 e. The Kier molecular flexibility index (Phi) is 7.46. The van der Waals surface area contributed by atoms with Crippen LogP contribution in [0.5, 0.6) is 5.75 Å². The number of benzene rings is 2. The summed E-state index contributed by atoms with van der Waals surface area (Å²) in [6, 6.07) is 15.0. The van der Waals surface area contributed by atoms with Crippen LogP contribution in [0, 0.1) is 5.92 Å². The van der Waals surface area contributed by atoms with Crippen molar-refractivity contribution in [3.63, 3.8) is 0 Å². The van der Waals surface area contributed by atoms with E-state index in [1.165, 1.54) is 24.2 Å². The summed E-state index contributed by atoms with van der Waals surface area (Å²) in [4.78, 5) is 27.9. The number of hydrogen-bond donors (Lipinski definition) is 1. The molecule has 0 bridgehead atoms. The fourth-order valence-electron chi connectivity index (χ4n) is 3.83. The molecule has 5 rings (SSSR count). The molecule has 1 saturated heterocycles. The van der Waals surface area contributed by atoms with Crippen LogP contribution in [0.1, 0.15) is 28.2 Å². The van der Waals surface area contributed by atoms with E-state index in [9.17, 15) is 9.59 Å². The molecule has 9 heteroatoms. The van der Waals surface area contributed by atoms with Gasteiger partial charge in [0.15, 0.2) is 5.78 Å². The van der Waals surface area contributed by atoms with Crippen LogP contribution in [0.2, 0.25) is 0 Å². The number of ketones is 1. The lowest BCUT2D eigenvalue weighted by atomic mass is 10.1. The molecule has 2 fully saturated rings. The first kappa shape index (κ1) is 23.6. The van der Waals surface area contributed by atoms with Gasteiger partial charge in [-0.05, 0) is 37.0 Å². The summed E-state index contributed by atoms with van der Waals surface area (Å²) in [6.07, 6.45) is 2.48.